The minimum Gasteiger partial charge on any atom is -0.506 e. The second-order valence-corrected chi connectivity index (χ2v) is 5.74. The molecule has 0 atom stereocenters. The van der Waals surface area contributed by atoms with Gasteiger partial charge in [0, 0.05) is 42.3 Å². The van der Waals surface area contributed by atoms with Crippen LogP contribution in [0.25, 0.3) is 0 Å². The molecule has 4 N–H and O–H groups in total. The Morgan fingerprint density at radius 1 is 0.783 bits per heavy atom. The molecule has 124 valence electrons. The molecule has 6 nitrogen and oxygen atoms in total. The number of aryl methyl sites for hydroxylation is 4. The predicted octanol–water partition coefficient (Wildman–Crippen LogP) is 1.96. The van der Waals surface area contributed by atoms with Gasteiger partial charge in [-0.1, -0.05) is 0 Å². The Balaban J connectivity index is 1.85. The lowest BCUT2D eigenvalue weighted by atomic mass is 10.1. The van der Waals surface area contributed by atoms with Gasteiger partial charge in [-0.25, -0.2) is 0 Å². The van der Waals surface area contributed by atoms with Crippen molar-refractivity contribution in [3.8, 4) is 11.5 Å². The summed E-state index contributed by atoms with van der Waals surface area (Å²) in [7, 11) is 0. The number of rotatable bonds is 6. The molecule has 2 aromatic heterocycles. The Kier molecular flexibility index (Phi) is 5.52. The van der Waals surface area contributed by atoms with E-state index < -0.39 is 0 Å². The fourth-order valence-electron chi connectivity index (χ4n) is 2.56. The summed E-state index contributed by atoms with van der Waals surface area (Å²) >= 11 is 0. The molecule has 0 fully saturated rings. The van der Waals surface area contributed by atoms with Gasteiger partial charge in [-0.2, -0.15) is 0 Å². The highest BCUT2D eigenvalue weighted by Gasteiger charge is 2.08. The largest absolute Gasteiger partial charge is 0.506 e. The fourth-order valence-corrected chi connectivity index (χ4v) is 2.56. The number of aromatic nitrogens is 2. The molecule has 0 unspecified atom stereocenters. The van der Waals surface area contributed by atoms with Gasteiger partial charge in [-0.15, -0.1) is 0 Å². The van der Waals surface area contributed by atoms with Crippen molar-refractivity contribution in [2.24, 2.45) is 0 Å². The SMILES string of the molecule is Cc1cc(CNCNCc2cc(C)nc(C)c2O)c(O)c(C)n1. The summed E-state index contributed by atoms with van der Waals surface area (Å²) < 4.78 is 0. The molecule has 0 saturated carbocycles. The molecule has 0 aliphatic heterocycles. The van der Waals surface area contributed by atoms with Gasteiger partial charge in [0.15, 0.2) is 0 Å². The molecule has 23 heavy (non-hydrogen) atoms. The molecular formula is C17H24N4O2. The first kappa shape index (κ1) is 17.2. The number of nitrogens with zero attached hydrogens (tertiary/aromatic N) is 2. The molecule has 0 aliphatic rings. The summed E-state index contributed by atoms with van der Waals surface area (Å²) in [6, 6.07) is 3.74. The molecule has 0 saturated heterocycles. The highest BCUT2D eigenvalue weighted by molar-refractivity contribution is 5.37. The van der Waals surface area contributed by atoms with Crippen LogP contribution >= 0.6 is 0 Å². The van der Waals surface area contributed by atoms with Crippen LogP contribution in [0.2, 0.25) is 0 Å². The average molecular weight is 316 g/mol. The predicted molar refractivity (Wildman–Crippen MR) is 89.3 cm³/mol. The summed E-state index contributed by atoms with van der Waals surface area (Å²) in [6.07, 6.45) is 0. The number of hydrogen-bond acceptors (Lipinski definition) is 6. The van der Waals surface area contributed by atoms with Crippen LogP contribution in [-0.4, -0.2) is 26.8 Å². The van der Waals surface area contributed by atoms with E-state index in [0.717, 1.165) is 22.5 Å². The molecule has 0 spiro atoms. The molecule has 0 bridgehead atoms. The van der Waals surface area contributed by atoms with Crippen LogP contribution in [0.15, 0.2) is 12.1 Å². The van der Waals surface area contributed by atoms with E-state index in [0.29, 0.717) is 31.1 Å². The molecule has 0 amide bonds. The van der Waals surface area contributed by atoms with Gasteiger partial charge in [-0.3, -0.25) is 9.97 Å². The quantitative estimate of drug-likeness (QED) is 0.481. The fraction of sp³-hybridized carbons (Fsp3) is 0.412. The number of hydrogen-bond donors (Lipinski definition) is 4. The van der Waals surface area contributed by atoms with Crippen LogP contribution in [0.5, 0.6) is 11.5 Å². The van der Waals surface area contributed by atoms with E-state index >= 15 is 0 Å². The lowest BCUT2D eigenvalue weighted by Crippen LogP contribution is -2.28. The molecule has 0 aromatic carbocycles. The van der Waals surface area contributed by atoms with Crippen molar-refractivity contribution in [1.82, 2.24) is 20.6 Å². The Morgan fingerprint density at radius 3 is 1.57 bits per heavy atom. The van der Waals surface area contributed by atoms with Crippen molar-refractivity contribution in [2.45, 2.75) is 40.8 Å². The van der Waals surface area contributed by atoms with Gasteiger partial charge in [0.25, 0.3) is 0 Å². The summed E-state index contributed by atoms with van der Waals surface area (Å²) in [6.45, 7) is 9.05. The Hall–Kier alpha value is -2.18. The lowest BCUT2D eigenvalue weighted by Gasteiger charge is -2.12. The summed E-state index contributed by atoms with van der Waals surface area (Å²) in [4.78, 5) is 8.43. The van der Waals surface area contributed by atoms with E-state index in [1.54, 1.807) is 13.8 Å². The molecule has 2 heterocycles. The minimum absolute atomic E-state index is 0.237. The third kappa shape index (κ3) is 4.40. The van der Waals surface area contributed by atoms with Crippen LogP contribution in [0.1, 0.15) is 33.9 Å². The van der Waals surface area contributed by atoms with Gasteiger partial charge < -0.3 is 20.8 Å². The molecule has 0 aliphatic carbocycles. The van der Waals surface area contributed by atoms with Crippen LogP contribution in [0, 0.1) is 27.7 Å². The maximum absolute atomic E-state index is 9.99. The minimum atomic E-state index is 0.237. The first-order valence-corrected chi connectivity index (χ1v) is 7.62. The van der Waals surface area contributed by atoms with Crippen LogP contribution in [0.4, 0.5) is 0 Å². The van der Waals surface area contributed by atoms with Crippen molar-refractivity contribution in [3.05, 3.63) is 46.0 Å². The average Bonchev–Trinajstić information content (AvgIpc) is 2.48. The van der Waals surface area contributed by atoms with Gasteiger partial charge in [0.2, 0.25) is 0 Å². The van der Waals surface area contributed by atoms with Gasteiger partial charge in [-0.05, 0) is 39.8 Å². The Morgan fingerprint density at radius 2 is 1.17 bits per heavy atom. The van der Waals surface area contributed by atoms with Crippen LogP contribution in [-0.2, 0) is 13.1 Å². The van der Waals surface area contributed by atoms with Gasteiger partial charge in [0.1, 0.15) is 11.5 Å². The molecule has 2 aromatic rings. The van der Waals surface area contributed by atoms with Crippen LogP contribution < -0.4 is 10.6 Å². The highest BCUT2D eigenvalue weighted by Crippen LogP contribution is 2.21. The van der Waals surface area contributed by atoms with Crippen molar-refractivity contribution in [1.29, 1.82) is 0 Å². The smallest absolute Gasteiger partial charge is 0.141 e. The monoisotopic (exact) mass is 316 g/mol. The van der Waals surface area contributed by atoms with Crippen molar-refractivity contribution in [3.63, 3.8) is 0 Å². The second kappa shape index (κ2) is 7.39. The number of pyridine rings is 2. The zero-order chi connectivity index (χ0) is 17.0. The van der Waals surface area contributed by atoms with E-state index in [-0.39, 0.29) is 11.5 Å². The normalized spacial score (nSPS) is 11.0. The van der Waals surface area contributed by atoms with Crippen molar-refractivity contribution >= 4 is 0 Å². The van der Waals surface area contributed by atoms with Gasteiger partial charge in [0.05, 0.1) is 11.4 Å². The van der Waals surface area contributed by atoms with E-state index in [2.05, 4.69) is 20.6 Å². The highest BCUT2D eigenvalue weighted by atomic mass is 16.3. The number of aromatic hydroxyl groups is 2. The summed E-state index contributed by atoms with van der Waals surface area (Å²) in [5.41, 5.74) is 4.71. The van der Waals surface area contributed by atoms with E-state index in [1.807, 2.05) is 26.0 Å². The standard InChI is InChI=1S/C17H24N4O2/c1-10-5-14(16(22)12(3)20-10)7-18-9-19-8-15-6-11(2)21-13(4)17(15)23/h5-6,18-19,22-23H,7-9H2,1-4H3. The van der Waals surface area contributed by atoms with Crippen molar-refractivity contribution < 1.29 is 10.2 Å². The second-order valence-electron chi connectivity index (χ2n) is 5.74. The maximum Gasteiger partial charge on any atom is 0.141 e. The molecule has 6 heteroatoms. The topological polar surface area (TPSA) is 90.3 Å². The Labute approximate surface area is 136 Å². The summed E-state index contributed by atoms with van der Waals surface area (Å²) in [5.74, 6) is 0.474. The van der Waals surface area contributed by atoms with Crippen molar-refractivity contribution in [2.75, 3.05) is 6.67 Å². The summed E-state index contributed by atoms with van der Waals surface area (Å²) in [5, 5.41) is 26.4. The first-order chi connectivity index (χ1) is 10.9. The van der Waals surface area contributed by atoms with Crippen LogP contribution in [0.3, 0.4) is 0 Å². The van der Waals surface area contributed by atoms with E-state index in [4.69, 9.17) is 0 Å². The molecule has 2 rings (SSSR count). The zero-order valence-electron chi connectivity index (χ0n) is 14.1. The first-order valence-electron chi connectivity index (χ1n) is 7.62. The van der Waals surface area contributed by atoms with E-state index in [9.17, 15) is 10.2 Å². The van der Waals surface area contributed by atoms with Gasteiger partial charge >= 0.3 is 0 Å². The third-order valence-corrected chi connectivity index (χ3v) is 3.63. The van der Waals surface area contributed by atoms with E-state index in [1.165, 1.54) is 0 Å². The Bertz CT molecular complexity index is 642. The zero-order valence-corrected chi connectivity index (χ0v) is 14.1. The maximum atomic E-state index is 9.99. The molecular weight excluding hydrogens is 292 g/mol. The molecule has 0 radical (unpaired) electrons. The lowest BCUT2D eigenvalue weighted by molar-refractivity contribution is 0.450. The number of nitrogens with one attached hydrogen (secondary N) is 2. The third-order valence-electron chi connectivity index (χ3n) is 3.63.